The maximum absolute atomic E-state index is 11.2. The number of fused-ring (bicyclic) bond motifs is 1. The molecule has 0 bridgehead atoms. The smallest absolute Gasteiger partial charge is 0.273 e. The highest BCUT2D eigenvalue weighted by atomic mass is 35.5. The second-order valence-corrected chi connectivity index (χ2v) is 7.12. The lowest BCUT2D eigenvalue weighted by Crippen LogP contribution is -2.51. The van der Waals surface area contributed by atoms with Gasteiger partial charge in [-0.05, 0) is 18.6 Å². The summed E-state index contributed by atoms with van der Waals surface area (Å²) < 4.78 is 5.54. The molecule has 1 aromatic rings. The van der Waals surface area contributed by atoms with Gasteiger partial charge in [-0.3, -0.25) is 15.0 Å². The number of thioether (sulfide) groups is 1. The summed E-state index contributed by atoms with van der Waals surface area (Å²) in [4.78, 5) is 13.2. The van der Waals surface area contributed by atoms with Crippen molar-refractivity contribution in [2.45, 2.75) is 24.3 Å². The van der Waals surface area contributed by atoms with Crippen molar-refractivity contribution in [3.05, 3.63) is 38.9 Å². The number of nitro groups is 1. The van der Waals surface area contributed by atoms with Crippen molar-refractivity contribution in [1.29, 1.82) is 0 Å². The van der Waals surface area contributed by atoms with E-state index in [1.165, 1.54) is 6.07 Å². The van der Waals surface area contributed by atoms with E-state index in [0.29, 0.717) is 28.4 Å². The summed E-state index contributed by atoms with van der Waals surface area (Å²) >= 11 is 7.96. The molecule has 2 heterocycles. The summed E-state index contributed by atoms with van der Waals surface area (Å²) in [6.07, 6.45) is 0.992. The summed E-state index contributed by atoms with van der Waals surface area (Å²) in [7, 11) is 0. The number of nitro benzene ring substituents is 1. The highest BCUT2D eigenvalue weighted by molar-refractivity contribution is 8.00. The average Bonchev–Trinajstić information content (AvgIpc) is 2.47. The van der Waals surface area contributed by atoms with Gasteiger partial charge in [-0.15, -0.1) is 0 Å². The van der Waals surface area contributed by atoms with E-state index in [-0.39, 0.29) is 10.6 Å². The first-order valence-electron chi connectivity index (χ1n) is 7.01. The lowest BCUT2D eigenvalue weighted by molar-refractivity contribution is -0.385. The topological polar surface area (TPSA) is 55.6 Å². The molecular weight excluding hydrogens is 312 g/mol. The summed E-state index contributed by atoms with van der Waals surface area (Å²) in [5.74, 6) is 1.04. The predicted molar refractivity (Wildman–Crippen MR) is 84.0 cm³/mol. The second-order valence-electron chi connectivity index (χ2n) is 5.34. The molecule has 0 amide bonds. The largest absolute Gasteiger partial charge is 0.380 e. The molecule has 2 aliphatic heterocycles. The van der Waals surface area contributed by atoms with E-state index < -0.39 is 0 Å². The minimum absolute atomic E-state index is 0.154. The van der Waals surface area contributed by atoms with Crippen molar-refractivity contribution in [1.82, 2.24) is 4.90 Å². The SMILES string of the molecule is O=[N+]([O-])c1ccc(Cl)cc1CN1CCSC2COCCC21. The van der Waals surface area contributed by atoms with Gasteiger partial charge in [0.25, 0.3) is 5.69 Å². The first kappa shape index (κ1) is 15.1. The Morgan fingerprint density at radius 1 is 1.52 bits per heavy atom. The van der Waals surface area contributed by atoms with Gasteiger partial charge in [-0.25, -0.2) is 0 Å². The normalized spacial score (nSPS) is 26.3. The van der Waals surface area contributed by atoms with E-state index in [2.05, 4.69) is 4.90 Å². The third-order valence-electron chi connectivity index (χ3n) is 4.06. The molecule has 3 rings (SSSR count). The molecule has 2 unspecified atom stereocenters. The van der Waals surface area contributed by atoms with Crippen LogP contribution in [0.1, 0.15) is 12.0 Å². The zero-order valence-electron chi connectivity index (χ0n) is 11.5. The van der Waals surface area contributed by atoms with E-state index in [0.717, 1.165) is 31.9 Å². The Bertz CT molecular complexity index is 541. The van der Waals surface area contributed by atoms with Crippen molar-refractivity contribution in [3.8, 4) is 0 Å². The first-order valence-corrected chi connectivity index (χ1v) is 8.44. The van der Waals surface area contributed by atoms with Crippen LogP contribution in [-0.2, 0) is 11.3 Å². The molecule has 0 saturated carbocycles. The third kappa shape index (κ3) is 3.34. The van der Waals surface area contributed by atoms with Crippen LogP contribution in [0.5, 0.6) is 0 Å². The molecule has 0 radical (unpaired) electrons. The molecule has 21 heavy (non-hydrogen) atoms. The Hall–Kier alpha value is -0.820. The average molecular weight is 329 g/mol. The van der Waals surface area contributed by atoms with Crippen LogP contribution in [0.3, 0.4) is 0 Å². The quantitative estimate of drug-likeness (QED) is 0.630. The Balaban J connectivity index is 1.82. The summed E-state index contributed by atoms with van der Waals surface area (Å²) in [6, 6.07) is 5.23. The molecule has 2 atom stereocenters. The highest BCUT2D eigenvalue weighted by Crippen LogP contribution is 2.33. The number of halogens is 1. The number of ether oxygens (including phenoxy) is 1. The monoisotopic (exact) mass is 328 g/mol. The van der Waals surface area contributed by atoms with Crippen LogP contribution in [-0.4, -0.2) is 46.6 Å². The zero-order chi connectivity index (χ0) is 14.8. The second kappa shape index (κ2) is 6.52. The molecular formula is C14H17ClN2O3S. The van der Waals surface area contributed by atoms with Crippen molar-refractivity contribution in [3.63, 3.8) is 0 Å². The molecule has 0 N–H and O–H groups in total. The Morgan fingerprint density at radius 3 is 3.19 bits per heavy atom. The van der Waals surface area contributed by atoms with Crippen LogP contribution >= 0.6 is 23.4 Å². The van der Waals surface area contributed by atoms with Crippen LogP contribution in [0.25, 0.3) is 0 Å². The van der Waals surface area contributed by atoms with Gasteiger partial charge >= 0.3 is 0 Å². The lowest BCUT2D eigenvalue weighted by atomic mass is 10.0. The minimum Gasteiger partial charge on any atom is -0.380 e. The lowest BCUT2D eigenvalue weighted by Gasteiger charge is -2.43. The zero-order valence-corrected chi connectivity index (χ0v) is 13.1. The van der Waals surface area contributed by atoms with E-state index >= 15 is 0 Å². The minimum atomic E-state index is -0.328. The van der Waals surface area contributed by atoms with Crippen LogP contribution in [0.15, 0.2) is 18.2 Å². The first-order chi connectivity index (χ1) is 10.1. The number of hydrogen-bond donors (Lipinski definition) is 0. The molecule has 7 heteroatoms. The van der Waals surface area contributed by atoms with E-state index in [4.69, 9.17) is 16.3 Å². The Labute approximate surface area is 132 Å². The van der Waals surface area contributed by atoms with Gasteiger partial charge in [0.2, 0.25) is 0 Å². The molecule has 5 nitrogen and oxygen atoms in total. The van der Waals surface area contributed by atoms with Gasteiger partial charge in [0, 0.05) is 53.4 Å². The van der Waals surface area contributed by atoms with E-state index in [1.54, 1.807) is 12.1 Å². The maximum Gasteiger partial charge on any atom is 0.273 e. The third-order valence-corrected chi connectivity index (χ3v) is 5.59. The van der Waals surface area contributed by atoms with Crippen LogP contribution in [0.2, 0.25) is 5.02 Å². The number of benzene rings is 1. The van der Waals surface area contributed by atoms with Crippen molar-refractivity contribution in [2.75, 3.05) is 25.5 Å². The molecule has 2 fully saturated rings. The fourth-order valence-electron chi connectivity index (χ4n) is 3.04. The predicted octanol–water partition coefficient (Wildman–Crippen LogP) is 2.95. The summed E-state index contributed by atoms with van der Waals surface area (Å²) in [5, 5.41) is 12.2. The van der Waals surface area contributed by atoms with Crippen LogP contribution in [0.4, 0.5) is 5.69 Å². The number of hydrogen-bond acceptors (Lipinski definition) is 5. The van der Waals surface area contributed by atoms with Gasteiger partial charge in [-0.2, -0.15) is 11.8 Å². The van der Waals surface area contributed by atoms with Gasteiger partial charge in [0.15, 0.2) is 0 Å². The van der Waals surface area contributed by atoms with Gasteiger partial charge in [0.1, 0.15) is 0 Å². The standard InChI is InChI=1S/C14H17ClN2O3S/c15-11-1-2-12(17(18)19)10(7-11)8-16-4-6-21-14-9-20-5-3-13(14)16/h1-2,7,13-14H,3-6,8-9H2. The fraction of sp³-hybridized carbons (Fsp3) is 0.571. The summed E-state index contributed by atoms with van der Waals surface area (Å²) in [5.41, 5.74) is 0.853. The maximum atomic E-state index is 11.2. The molecule has 2 aliphatic rings. The van der Waals surface area contributed by atoms with E-state index in [1.807, 2.05) is 11.8 Å². The van der Waals surface area contributed by atoms with Gasteiger partial charge < -0.3 is 4.74 Å². The Morgan fingerprint density at radius 2 is 2.38 bits per heavy atom. The van der Waals surface area contributed by atoms with Crippen LogP contribution in [0, 0.1) is 10.1 Å². The molecule has 0 aromatic heterocycles. The summed E-state index contributed by atoms with van der Waals surface area (Å²) in [6.45, 7) is 3.09. The van der Waals surface area contributed by atoms with Gasteiger partial charge in [-0.1, -0.05) is 11.6 Å². The van der Waals surface area contributed by atoms with Crippen molar-refractivity contribution >= 4 is 29.1 Å². The van der Waals surface area contributed by atoms with E-state index in [9.17, 15) is 10.1 Å². The van der Waals surface area contributed by atoms with Crippen LogP contribution < -0.4 is 0 Å². The molecule has 1 aromatic carbocycles. The highest BCUT2D eigenvalue weighted by Gasteiger charge is 2.35. The fourth-order valence-corrected chi connectivity index (χ4v) is 4.60. The van der Waals surface area contributed by atoms with Gasteiger partial charge in [0.05, 0.1) is 11.5 Å². The number of rotatable bonds is 3. The van der Waals surface area contributed by atoms with Crippen molar-refractivity contribution < 1.29 is 9.66 Å². The molecule has 0 spiro atoms. The van der Waals surface area contributed by atoms with Crippen molar-refractivity contribution in [2.24, 2.45) is 0 Å². The molecule has 114 valence electrons. The Kier molecular flexibility index (Phi) is 4.69. The molecule has 0 aliphatic carbocycles. The number of nitrogens with zero attached hydrogens (tertiary/aromatic N) is 2. The molecule has 2 saturated heterocycles.